The summed E-state index contributed by atoms with van der Waals surface area (Å²) in [5, 5.41) is 14.0. The molecule has 0 saturated heterocycles. The van der Waals surface area contributed by atoms with Crippen LogP contribution in [-0.2, 0) is 12.4 Å². The molecule has 0 bridgehead atoms. The number of hydrogen-bond donors (Lipinski definition) is 2. The maximum absolute atomic E-state index is 13.8. The van der Waals surface area contributed by atoms with Crippen molar-refractivity contribution in [1.82, 2.24) is 10.2 Å². The second-order valence-corrected chi connectivity index (χ2v) is 8.87. The second kappa shape index (κ2) is 9.27. The molecule has 2 unspecified atom stereocenters. The lowest BCUT2D eigenvalue weighted by atomic mass is 9.82. The van der Waals surface area contributed by atoms with E-state index in [1.807, 2.05) is 37.2 Å². The minimum atomic E-state index is -5.07. The molecule has 182 valence electrons. The first kappa shape index (κ1) is 25.5. The maximum atomic E-state index is 13.8. The van der Waals surface area contributed by atoms with Crippen molar-refractivity contribution < 1.29 is 31.4 Å². The smallest absolute Gasteiger partial charge is 0.374 e. The average Bonchev–Trinajstić information content (AvgIpc) is 3.21. The summed E-state index contributed by atoms with van der Waals surface area (Å²) in [6.45, 7) is 1.15. The van der Waals surface area contributed by atoms with Crippen molar-refractivity contribution in [3.8, 4) is 0 Å². The van der Waals surface area contributed by atoms with Crippen LogP contribution in [0.25, 0.3) is 0 Å². The van der Waals surface area contributed by atoms with Crippen molar-refractivity contribution in [2.75, 3.05) is 14.1 Å². The number of nitrogens with zero attached hydrogens (tertiary/aromatic N) is 1. The van der Waals surface area contributed by atoms with Crippen molar-refractivity contribution in [1.29, 1.82) is 0 Å². The van der Waals surface area contributed by atoms with Crippen molar-refractivity contribution in [3.63, 3.8) is 0 Å². The molecule has 0 radical (unpaired) electrons. The van der Waals surface area contributed by atoms with Gasteiger partial charge in [0.1, 0.15) is 6.23 Å². The number of hydrogen-bond acceptors (Lipinski definition) is 3. The molecule has 2 aromatic rings. The molecule has 1 aliphatic rings. The lowest BCUT2D eigenvalue weighted by Gasteiger charge is -2.45. The van der Waals surface area contributed by atoms with Crippen LogP contribution in [0.3, 0.4) is 0 Å². The fourth-order valence-corrected chi connectivity index (χ4v) is 4.99. The van der Waals surface area contributed by atoms with E-state index in [4.69, 9.17) is 0 Å². The van der Waals surface area contributed by atoms with Crippen LogP contribution in [0, 0.1) is 6.92 Å². The molecule has 0 spiro atoms. The van der Waals surface area contributed by atoms with E-state index in [0.29, 0.717) is 6.07 Å². The van der Waals surface area contributed by atoms with E-state index < -0.39 is 46.9 Å². The first-order chi connectivity index (χ1) is 15.3. The molecule has 2 atom stereocenters. The first-order valence-electron chi connectivity index (χ1n) is 10.7. The highest BCUT2D eigenvalue weighted by molar-refractivity contribution is 5.43. The van der Waals surface area contributed by atoms with Gasteiger partial charge >= 0.3 is 12.4 Å². The highest BCUT2D eigenvalue weighted by Crippen LogP contribution is 2.46. The highest BCUT2D eigenvalue weighted by atomic mass is 19.4. The minimum absolute atomic E-state index is 0.0715. The van der Waals surface area contributed by atoms with Gasteiger partial charge in [0.15, 0.2) is 0 Å². The van der Waals surface area contributed by atoms with Crippen molar-refractivity contribution in [2.24, 2.45) is 0 Å². The van der Waals surface area contributed by atoms with Crippen LogP contribution >= 0.6 is 0 Å². The Bertz CT molecular complexity index is 950. The van der Waals surface area contributed by atoms with Gasteiger partial charge in [-0.1, -0.05) is 43.2 Å². The highest BCUT2D eigenvalue weighted by Gasteiger charge is 2.46. The molecule has 9 heteroatoms. The molecule has 1 saturated carbocycles. The molecule has 2 aromatic carbocycles. The molecule has 1 fully saturated rings. The zero-order chi connectivity index (χ0) is 24.6. The van der Waals surface area contributed by atoms with Crippen LogP contribution in [0.1, 0.15) is 65.8 Å². The van der Waals surface area contributed by atoms with Gasteiger partial charge in [-0.15, -0.1) is 0 Å². The maximum Gasteiger partial charge on any atom is 0.416 e. The number of likely N-dealkylation sites (N-methyl/N-ethyl adjacent to an activating group) is 1. The molecule has 3 nitrogen and oxygen atoms in total. The Kier molecular flexibility index (Phi) is 7.17. The Labute approximate surface area is 189 Å². The third-order valence-electron chi connectivity index (χ3n) is 6.65. The number of aryl methyl sites for hydroxylation is 1. The standard InChI is InChI=1S/C24H28F6N2O/c1-15-13-17(23(25,26)27)14-18(24(28,29)30)19(15)21(33)31-20(16-9-5-4-6-10-16)22(32(2)3)11-7-8-12-22/h4-6,9-10,13-14,20-21,31,33H,7-8,11-12H2,1-3H3. The summed E-state index contributed by atoms with van der Waals surface area (Å²) < 4.78 is 81.0. The van der Waals surface area contributed by atoms with Crippen molar-refractivity contribution in [3.05, 3.63) is 70.3 Å². The second-order valence-electron chi connectivity index (χ2n) is 8.87. The zero-order valence-electron chi connectivity index (χ0n) is 18.7. The number of aliphatic hydroxyl groups is 1. The predicted octanol–water partition coefficient (Wildman–Crippen LogP) is 6.23. The van der Waals surface area contributed by atoms with E-state index in [1.54, 1.807) is 12.1 Å². The average molecular weight is 474 g/mol. The molecular weight excluding hydrogens is 446 g/mol. The van der Waals surface area contributed by atoms with Gasteiger partial charge in [-0.05, 0) is 57.1 Å². The normalized spacial score (nSPS) is 18.5. The third-order valence-corrected chi connectivity index (χ3v) is 6.65. The van der Waals surface area contributed by atoms with Gasteiger partial charge in [0.2, 0.25) is 0 Å². The summed E-state index contributed by atoms with van der Waals surface area (Å²) in [7, 11) is 3.78. The Morgan fingerprint density at radius 2 is 1.52 bits per heavy atom. The lowest BCUT2D eigenvalue weighted by Crippen LogP contribution is -2.52. The summed E-state index contributed by atoms with van der Waals surface area (Å²) in [5.74, 6) is 0. The van der Waals surface area contributed by atoms with E-state index in [0.717, 1.165) is 38.2 Å². The molecule has 0 aliphatic heterocycles. The van der Waals surface area contributed by atoms with Gasteiger partial charge in [0.25, 0.3) is 0 Å². The summed E-state index contributed by atoms with van der Waals surface area (Å²) >= 11 is 0. The van der Waals surface area contributed by atoms with E-state index in [2.05, 4.69) is 5.32 Å². The molecule has 2 N–H and O–H groups in total. The fourth-order valence-electron chi connectivity index (χ4n) is 4.99. The molecule has 0 heterocycles. The lowest BCUT2D eigenvalue weighted by molar-refractivity contribution is -0.144. The quantitative estimate of drug-likeness (QED) is 0.385. The predicted molar refractivity (Wildman–Crippen MR) is 113 cm³/mol. The molecular formula is C24H28F6N2O. The minimum Gasteiger partial charge on any atom is -0.374 e. The summed E-state index contributed by atoms with van der Waals surface area (Å²) in [5.41, 5.74) is -3.46. The molecule has 33 heavy (non-hydrogen) atoms. The van der Waals surface area contributed by atoms with Crippen LogP contribution < -0.4 is 5.32 Å². The zero-order valence-corrected chi connectivity index (χ0v) is 18.7. The monoisotopic (exact) mass is 474 g/mol. The van der Waals surface area contributed by atoms with Crippen molar-refractivity contribution >= 4 is 0 Å². The topological polar surface area (TPSA) is 35.5 Å². The van der Waals surface area contributed by atoms with Crippen LogP contribution in [0.15, 0.2) is 42.5 Å². The van der Waals surface area contributed by atoms with Crippen LogP contribution in [0.5, 0.6) is 0 Å². The Morgan fingerprint density at radius 1 is 0.939 bits per heavy atom. The van der Waals surface area contributed by atoms with Gasteiger partial charge in [0, 0.05) is 11.1 Å². The van der Waals surface area contributed by atoms with Crippen LogP contribution in [-0.4, -0.2) is 29.6 Å². The largest absolute Gasteiger partial charge is 0.416 e. The van der Waals surface area contributed by atoms with E-state index in [9.17, 15) is 31.4 Å². The number of alkyl halides is 6. The SMILES string of the molecule is Cc1cc(C(F)(F)F)cc(C(F)(F)F)c1C(O)NC(c1ccccc1)C1(N(C)C)CCCC1. The van der Waals surface area contributed by atoms with Gasteiger partial charge in [-0.25, -0.2) is 0 Å². The molecule has 0 aromatic heterocycles. The Hall–Kier alpha value is -2.10. The first-order valence-corrected chi connectivity index (χ1v) is 10.7. The van der Waals surface area contributed by atoms with Crippen LogP contribution in [0.2, 0.25) is 0 Å². The molecule has 0 amide bonds. The van der Waals surface area contributed by atoms with Gasteiger partial charge < -0.3 is 10.0 Å². The van der Waals surface area contributed by atoms with E-state index in [1.165, 1.54) is 0 Å². The third kappa shape index (κ3) is 5.20. The van der Waals surface area contributed by atoms with Gasteiger partial charge in [-0.2, -0.15) is 26.3 Å². The Morgan fingerprint density at radius 3 is 2.00 bits per heavy atom. The number of nitrogens with one attached hydrogen (secondary N) is 1. The fraction of sp³-hybridized carbons (Fsp3) is 0.500. The number of benzene rings is 2. The summed E-state index contributed by atoms with van der Waals surface area (Å²) in [6, 6.07) is 9.26. The number of halogens is 6. The molecule has 3 rings (SSSR count). The van der Waals surface area contributed by atoms with Crippen LogP contribution in [0.4, 0.5) is 26.3 Å². The number of rotatable bonds is 6. The van der Waals surface area contributed by atoms with E-state index >= 15 is 0 Å². The summed E-state index contributed by atoms with van der Waals surface area (Å²) in [6.07, 6.45) is -8.47. The Balaban J connectivity index is 2.10. The van der Waals surface area contributed by atoms with E-state index in [-0.39, 0.29) is 11.6 Å². The number of aliphatic hydroxyl groups excluding tert-OH is 1. The van der Waals surface area contributed by atoms with Gasteiger partial charge in [0.05, 0.1) is 17.2 Å². The summed E-state index contributed by atoms with van der Waals surface area (Å²) in [4.78, 5) is 2.02. The van der Waals surface area contributed by atoms with Gasteiger partial charge in [-0.3, -0.25) is 5.32 Å². The molecule has 1 aliphatic carbocycles. The van der Waals surface area contributed by atoms with Crippen molar-refractivity contribution in [2.45, 2.75) is 62.8 Å².